The SMILES string of the molecule is CCNC(=O)CNC(=O)CNC(=O)c1ccc(Br)cc1. The van der Waals surface area contributed by atoms with Gasteiger partial charge in [-0.05, 0) is 31.2 Å². The van der Waals surface area contributed by atoms with Crippen molar-refractivity contribution in [3.05, 3.63) is 34.3 Å². The molecular formula is C13H16BrN3O3. The van der Waals surface area contributed by atoms with Crippen LogP contribution in [0, 0.1) is 0 Å². The van der Waals surface area contributed by atoms with Gasteiger partial charge in [0.1, 0.15) is 0 Å². The fraction of sp³-hybridized carbons (Fsp3) is 0.308. The van der Waals surface area contributed by atoms with Gasteiger partial charge in [-0.25, -0.2) is 0 Å². The van der Waals surface area contributed by atoms with Crippen molar-refractivity contribution in [2.45, 2.75) is 6.92 Å². The van der Waals surface area contributed by atoms with E-state index in [1.165, 1.54) is 0 Å². The molecule has 1 aromatic carbocycles. The van der Waals surface area contributed by atoms with Crippen LogP contribution in [-0.4, -0.2) is 37.4 Å². The minimum atomic E-state index is -0.415. The molecule has 0 aliphatic carbocycles. The lowest BCUT2D eigenvalue weighted by atomic mass is 10.2. The summed E-state index contributed by atoms with van der Waals surface area (Å²) < 4.78 is 0.869. The van der Waals surface area contributed by atoms with Gasteiger partial charge in [-0.15, -0.1) is 0 Å². The van der Waals surface area contributed by atoms with Gasteiger partial charge in [0.2, 0.25) is 11.8 Å². The number of carbonyl (C=O) groups excluding carboxylic acids is 3. The molecular weight excluding hydrogens is 326 g/mol. The number of carbonyl (C=O) groups is 3. The van der Waals surface area contributed by atoms with Gasteiger partial charge in [0.25, 0.3) is 5.91 Å². The molecule has 0 unspecified atom stereocenters. The van der Waals surface area contributed by atoms with Gasteiger partial charge >= 0.3 is 0 Å². The maximum absolute atomic E-state index is 11.7. The van der Waals surface area contributed by atoms with Crippen LogP contribution in [0.4, 0.5) is 0 Å². The van der Waals surface area contributed by atoms with E-state index in [-0.39, 0.29) is 24.9 Å². The number of amides is 3. The molecule has 0 bridgehead atoms. The van der Waals surface area contributed by atoms with Gasteiger partial charge in [0, 0.05) is 16.6 Å². The number of benzene rings is 1. The monoisotopic (exact) mass is 341 g/mol. The Bertz CT molecular complexity index is 488. The van der Waals surface area contributed by atoms with Crippen molar-refractivity contribution in [1.29, 1.82) is 0 Å². The van der Waals surface area contributed by atoms with E-state index >= 15 is 0 Å². The molecule has 0 atom stereocenters. The van der Waals surface area contributed by atoms with E-state index in [2.05, 4.69) is 31.9 Å². The number of halogens is 1. The number of hydrogen-bond acceptors (Lipinski definition) is 3. The zero-order valence-electron chi connectivity index (χ0n) is 11.0. The van der Waals surface area contributed by atoms with Gasteiger partial charge in [0.15, 0.2) is 0 Å². The smallest absolute Gasteiger partial charge is 0.251 e. The van der Waals surface area contributed by atoms with Crippen molar-refractivity contribution in [3.8, 4) is 0 Å². The molecule has 0 saturated carbocycles. The third kappa shape index (κ3) is 5.83. The Labute approximate surface area is 125 Å². The molecule has 3 N–H and O–H groups in total. The van der Waals surface area contributed by atoms with Crippen LogP contribution in [0.15, 0.2) is 28.7 Å². The van der Waals surface area contributed by atoms with Crippen LogP contribution in [0.5, 0.6) is 0 Å². The van der Waals surface area contributed by atoms with Crippen LogP contribution >= 0.6 is 15.9 Å². The lowest BCUT2D eigenvalue weighted by Gasteiger charge is -2.07. The molecule has 20 heavy (non-hydrogen) atoms. The normalized spacial score (nSPS) is 9.70. The van der Waals surface area contributed by atoms with Crippen molar-refractivity contribution < 1.29 is 14.4 Å². The van der Waals surface area contributed by atoms with E-state index in [1.807, 2.05) is 0 Å². The molecule has 0 aromatic heterocycles. The fourth-order valence-electron chi connectivity index (χ4n) is 1.36. The molecule has 3 amide bonds. The van der Waals surface area contributed by atoms with Crippen molar-refractivity contribution in [3.63, 3.8) is 0 Å². The van der Waals surface area contributed by atoms with Crippen molar-refractivity contribution in [2.24, 2.45) is 0 Å². The topological polar surface area (TPSA) is 87.3 Å². The third-order valence-corrected chi connectivity index (χ3v) is 2.86. The first kappa shape index (κ1) is 16.2. The summed E-state index contributed by atoms with van der Waals surface area (Å²) in [6.07, 6.45) is 0. The van der Waals surface area contributed by atoms with Crippen molar-refractivity contribution in [1.82, 2.24) is 16.0 Å². The minimum absolute atomic E-state index is 0.0964. The van der Waals surface area contributed by atoms with Gasteiger partial charge < -0.3 is 16.0 Å². The Hall–Kier alpha value is -1.89. The van der Waals surface area contributed by atoms with Crippen LogP contribution < -0.4 is 16.0 Å². The summed E-state index contributed by atoms with van der Waals surface area (Å²) >= 11 is 3.27. The van der Waals surface area contributed by atoms with Gasteiger partial charge in [-0.1, -0.05) is 15.9 Å². The summed E-state index contributed by atoms with van der Waals surface area (Å²) in [6, 6.07) is 6.77. The maximum Gasteiger partial charge on any atom is 0.251 e. The van der Waals surface area contributed by atoms with Crippen LogP contribution in [0.3, 0.4) is 0 Å². The highest BCUT2D eigenvalue weighted by molar-refractivity contribution is 9.10. The first-order valence-electron chi connectivity index (χ1n) is 6.10. The molecule has 0 radical (unpaired) electrons. The average molecular weight is 342 g/mol. The Balaban J connectivity index is 2.32. The molecule has 1 rings (SSSR count). The molecule has 1 aromatic rings. The van der Waals surface area contributed by atoms with E-state index in [1.54, 1.807) is 31.2 Å². The van der Waals surface area contributed by atoms with E-state index in [9.17, 15) is 14.4 Å². The number of nitrogens with one attached hydrogen (secondary N) is 3. The second-order valence-electron chi connectivity index (χ2n) is 3.92. The first-order valence-corrected chi connectivity index (χ1v) is 6.89. The lowest BCUT2D eigenvalue weighted by molar-refractivity contribution is -0.125. The molecule has 0 heterocycles. The summed E-state index contributed by atoms with van der Waals surface area (Å²) in [5.41, 5.74) is 0.463. The van der Waals surface area contributed by atoms with Crippen LogP contribution in [-0.2, 0) is 9.59 Å². The number of rotatable bonds is 6. The van der Waals surface area contributed by atoms with Crippen LogP contribution in [0.2, 0.25) is 0 Å². The van der Waals surface area contributed by atoms with Crippen molar-refractivity contribution in [2.75, 3.05) is 19.6 Å². The van der Waals surface area contributed by atoms with Gasteiger partial charge in [-0.3, -0.25) is 14.4 Å². The zero-order chi connectivity index (χ0) is 15.0. The Morgan fingerprint density at radius 2 is 1.50 bits per heavy atom. The minimum Gasteiger partial charge on any atom is -0.355 e. The predicted molar refractivity (Wildman–Crippen MR) is 78.2 cm³/mol. The van der Waals surface area contributed by atoms with Gasteiger partial charge in [-0.2, -0.15) is 0 Å². The standard InChI is InChI=1S/C13H16BrN3O3/c1-2-15-11(18)7-16-12(19)8-17-13(20)9-3-5-10(14)6-4-9/h3-6H,2,7-8H2,1H3,(H,15,18)(H,16,19)(H,17,20). The largest absolute Gasteiger partial charge is 0.355 e. The Morgan fingerprint density at radius 3 is 2.10 bits per heavy atom. The average Bonchev–Trinajstić information content (AvgIpc) is 2.43. The lowest BCUT2D eigenvalue weighted by Crippen LogP contribution is -2.41. The quantitative estimate of drug-likeness (QED) is 0.701. The molecule has 6 nitrogen and oxygen atoms in total. The Morgan fingerprint density at radius 1 is 0.950 bits per heavy atom. The van der Waals surface area contributed by atoms with E-state index in [4.69, 9.17) is 0 Å². The van der Waals surface area contributed by atoms with Crippen molar-refractivity contribution >= 4 is 33.7 Å². The summed E-state index contributed by atoms with van der Waals surface area (Å²) in [6.45, 7) is 2.03. The zero-order valence-corrected chi connectivity index (χ0v) is 12.6. The molecule has 0 spiro atoms. The number of hydrogen-bond donors (Lipinski definition) is 3. The van der Waals surface area contributed by atoms with E-state index in [0.717, 1.165) is 4.47 Å². The number of likely N-dealkylation sites (N-methyl/N-ethyl adjacent to an activating group) is 1. The highest BCUT2D eigenvalue weighted by atomic mass is 79.9. The summed E-state index contributed by atoms with van der Waals surface area (Å²) in [7, 11) is 0. The third-order valence-electron chi connectivity index (χ3n) is 2.34. The molecule has 7 heteroatoms. The molecule has 0 aliphatic heterocycles. The molecule has 0 aliphatic rings. The molecule has 0 fully saturated rings. The molecule has 0 saturated heterocycles. The predicted octanol–water partition coefficient (Wildman–Crippen LogP) is 0.431. The second-order valence-corrected chi connectivity index (χ2v) is 4.84. The summed E-state index contributed by atoms with van der Waals surface area (Å²) in [5, 5.41) is 7.44. The Kier molecular flexibility index (Phi) is 6.72. The highest BCUT2D eigenvalue weighted by Gasteiger charge is 2.08. The van der Waals surface area contributed by atoms with Gasteiger partial charge in [0.05, 0.1) is 13.1 Å². The summed E-state index contributed by atoms with van der Waals surface area (Å²) in [5.74, 6) is -1.02. The van der Waals surface area contributed by atoms with E-state index < -0.39 is 5.91 Å². The maximum atomic E-state index is 11.7. The highest BCUT2D eigenvalue weighted by Crippen LogP contribution is 2.10. The van der Waals surface area contributed by atoms with Crippen LogP contribution in [0.1, 0.15) is 17.3 Å². The first-order chi connectivity index (χ1) is 9.52. The van der Waals surface area contributed by atoms with Crippen LogP contribution in [0.25, 0.3) is 0 Å². The van der Waals surface area contributed by atoms with E-state index in [0.29, 0.717) is 12.1 Å². The fourth-order valence-corrected chi connectivity index (χ4v) is 1.63. The molecule has 108 valence electrons. The second kappa shape index (κ2) is 8.31. The summed E-state index contributed by atoms with van der Waals surface area (Å²) in [4.78, 5) is 34.3.